The monoisotopic (exact) mass is 292 g/mol. The van der Waals surface area contributed by atoms with Crippen LogP contribution in [0.2, 0.25) is 0 Å². The molecular weight excluding hydrogens is 284 g/mol. The second-order valence-electron chi connectivity index (χ2n) is 3.20. The number of anilines is 1. The molecule has 1 aromatic heterocycles. The molecule has 0 aliphatic heterocycles. The third kappa shape index (κ3) is 2.43. The average molecular weight is 293 g/mol. The molecule has 0 saturated heterocycles. The molecule has 0 aliphatic carbocycles. The van der Waals surface area contributed by atoms with E-state index in [-0.39, 0.29) is 0 Å². The molecule has 0 aliphatic rings. The third-order valence-corrected chi connectivity index (χ3v) is 4.10. The summed E-state index contributed by atoms with van der Waals surface area (Å²) < 4.78 is 1.11. The molecule has 0 amide bonds. The van der Waals surface area contributed by atoms with Crippen molar-refractivity contribution in [1.82, 2.24) is 0 Å². The second-order valence-corrected chi connectivity index (χ2v) is 5.06. The second kappa shape index (κ2) is 5.15. The molecule has 0 fully saturated rings. The summed E-state index contributed by atoms with van der Waals surface area (Å²) in [5.74, 6) is 0. The first-order valence-corrected chi connectivity index (χ1v) is 6.43. The van der Waals surface area contributed by atoms with Gasteiger partial charge in [0, 0.05) is 9.35 Å². The van der Waals surface area contributed by atoms with Crippen molar-refractivity contribution in [3.63, 3.8) is 0 Å². The van der Waals surface area contributed by atoms with E-state index >= 15 is 0 Å². The van der Waals surface area contributed by atoms with Gasteiger partial charge >= 0.3 is 0 Å². The van der Waals surface area contributed by atoms with Crippen LogP contribution < -0.4 is 5.32 Å². The Labute approximate surface area is 107 Å². The molecule has 2 aromatic rings. The number of rotatable bonds is 3. The summed E-state index contributed by atoms with van der Waals surface area (Å²) in [6, 6.07) is 11.7. The molecule has 0 unspecified atom stereocenters. The van der Waals surface area contributed by atoms with Crippen molar-refractivity contribution in [2.75, 3.05) is 5.32 Å². The van der Waals surface area contributed by atoms with Crippen LogP contribution in [-0.2, 0) is 6.54 Å². The Kier molecular flexibility index (Phi) is 3.60. The zero-order chi connectivity index (χ0) is 11.4. The van der Waals surface area contributed by atoms with Gasteiger partial charge in [0.15, 0.2) is 0 Å². The van der Waals surface area contributed by atoms with Gasteiger partial charge in [0.05, 0.1) is 17.8 Å². The van der Waals surface area contributed by atoms with Crippen LogP contribution in [0.1, 0.15) is 10.4 Å². The summed E-state index contributed by atoms with van der Waals surface area (Å²) in [5, 5.41) is 14.2. The highest BCUT2D eigenvalue weighted by Crippen LogP contribution is 2.24. The predicted octanol–water partition coefficient (Wildman–Crippen LogP) is 3.99. The number of benzene rings is 1. The molecule has 2 rings (SSSR count). The van der Waals surface area contributed by atoms with Crippen molar-refractivity contribution >= 4 is 33.0 Å². The molecule has 80 valence electrons. The molecule has 16 heavy (non-hydrogen) atoms. The van der Waals surface area contributed by atoms with Crippen molar-refractivity contribution < 1.29 is 0 Å². The van der Waals surface area contributed by atoms with E-state index in [4.69, 9.17) is 5.26 Å². The van der Waals surface area contributed by atoms with Gasteiger partial charge in [0.1, 0.15) is 6.07 Å². The SMILES string of the molecule is N#Cc1ccccc1NCc1sccc1Br. The van der Waals surface area contributed by atoms with E-state index in [1.165, 1.54) is 4.88 Å². The van der Waals surface area contributed by atoms with E-state index in [1.54, 1.807) is 11.3 Å². The number of halogens is 1. The first-order chi connectivity index (χ1) is 7.81. The van der Waals surface area contributed by atoms with Crippen LogP contribution in [0.5, 0.6) is 0 Å². The van der Waals surface area contributed by atoms with Gasteiger partial charge in [-0.1, -0.05) is 12.1 Å². The van der Waals surface area contributed by atoms with Gasteiger partial charge in [-0.25, -0.2) is 0 Å². The summed E-state index contributed by atoms with van der Waals surface area (Å²) in [6.45, 7) is 0.733. The van der Waals surface area contributed by atoms with Crippen molar-refractivity contribution in [2.24, 2.45) is 0 Å². The van der Waals surface area contributed by atoms with Crippen molar-refractivity contribution in [3.8, 4) is 6.07 Å². The smallest absolute Gasteiger partial charge is 0.101 e. The summed E-state index contributed by atoms with van der Waals surface area (Å²) in [5.41, 5.74) is 1.56. The molecule has 0 saturated carbocycles. The number of para-hydroxylation sites is 1. The van der Waals surface area contributed by atoms with Crippen LogP contribution in [0.3, 0.4) is 0 Å². The van der Waals surface area contributed by atoms with Gasteiger partial charge in [-0.05, 0) is 39.5 Å². The Morgan fingerprint density at radius 3 is 2.81 bits per heavy atom. The van der Waals surface area contributed by atoms with Crippen LogP contribution >= 0.6 is 27.3 Å². The van der Waals surface area contributed by atoms with Crippen molar-refractivity contribution in [3.05, 3.63) is 50.6 Å². The van der Waals surface area contributed by atoms with Crippen LogP contribution in [0.15, 0.2) is 40.2 Å². The van der Waals surface area contributed by atoms with Crippen LogP contribution in [0, 0.1) is 11.3 Å². The average Bonchev–Trinajstić information content (AvgIpc) is 2.72. The molecule has 4 heteroatoms. The minimum atomic E-state index is 0.676. The maximum absolute atomic E-state index is 8.93. The minimum absolute atomic E-state index is 0.676. The normalized spacial score (nSPS) is 9.75. The van der Waals surface area contributed by atoms with Gasteiger partial charge < -0.3 is 5.32 Å². The molecule has 0 spiro atoms. The molecule has 2 nitrogen and oxygen atoms in total. The Morgan fingerprint density at radius 1 is 1.31 bits per heavy atom. The molecule has 0 bridgehead atoms. The highest BCUT2D eigenvalue weighted by atomic mass is 79.9. The maximum Gasteiger partial charge on any atom is 0.101 e. The summed E-state index contributed by atoms with van der Waals surface area (Å²) in [4.78, 5) is 1.23. The van der Waals surface area contributed by atoms with Crippen LogP contribution in [0.25, 0.3) is 0 Å². The minimum Gasteiger partial charge on any atom is -0.379 e. The first kappa shape index (κ1) is 11.2. The molecular formula is C12H9BrN2S. The number of nitrogens with one attached hydrogen (secondary N) is 1. The lowest BCUT2D eigenvalue weighted by atomic mass is 10.2. The van der Waals surface area contributed by atoms with Crippen molar-refractivity contribution in [1.29, 1.82) is 5.26 Å². The molecule has 0 atom stereocenters. The zero-order valence-electron chi connectivity index (χ0n) is 8.40. The standard InChI is InChI=1S/C12H9BrN2S/c13-10-5-6-16-12(10)8-15-11-4-2-1-3-9(11)7-14/h1-6,15H,8H2. The fraction of sp³-hybridized carbons (Fsp3) is 0.0833. The largest absolute Gasteiger partial charge is 0.379 e. The fourth-order valence-corrected chi connectivity index (χ4v) is 2.79. The Balaban J connectivity index is 2.11. The summed E-state index contributed by atoms with van der Waals surface area (Å²) >= 11 is 5.17. The summed E-state index contributed by atoms with van der Waals surface area (Å²) in [7, 11) is 0. The number of nitriles is 1. The highest BCUT2D eigenvalue weighted by Gasteiger charge is 2.03. The quantitative estimate of drug-likeness (QED) is 0.928. The number of nitrogens with zero attached hydrogens (tertiary/aromatic N) is 1. The van der Waals surface area contributed by atoms with E-state index in [1.807, 2.05) is 35.7 Å². The predicted molar refractivity (Wildman–Crippen MR) is 70.5 cm³/mol. The summed E-state index contributed by atoms with van der Waals surface area (Å²) in [6.07, 6.45) is 0. The van der Waals surface area contributed by atoms with Gasteiger partial charge in [-0.15, -0.1) is 11.3 Å². The van der Waals surface area contributed by atoms with E-state index in [9.17, 15) is 0 Å². The van der Waals surface area contributed by atoms with E-state index in [2.05, 4.69) is 27.3 Å². The zero-order valence-corrected chi connectivity index (χ0v) is 10.8. The molecule has 1 N–H and O–H groups in total. The Bertz CT molecular complexity index is 528. The van der Waals surface area contributed by atoms with Crippen molar-refractivity contribution in [2.45, 2.75) is 6.54 Å². The van der Waals surface area contributed by atoms with E-state index < -0.39 is 0 Å². The molecule has 1 heterocycles. The van der Waals surface area contributed by atoms with E-state index in [0.717, 1.165) is 16.7 Å². The van der Waals surface area contributed by atoms with Crippen LogP contribution in [-0.4, -0.2) is 0 Å². The van der Waals surface area contributed by atoms with Gasteiger partial charge in [0.25, 0.3) is 0 Å². The Hall–Kier alpha value is -1.31. The topological polar surface area (TPSA) is 35.8 Å². The van der Waals surface area contributed by atoms with Gasteiger partial charge in [-0.2, -0.15) is 5.26 Å². The maximum atomic E-state index is 8.93. The first-order valence-electron chi connectivity index (χ1n) is 4.76. The fourth-order valence-electron chi connectivity index (χ4n) is 1.36. The highest BCUT2D eigenvalue weighted by molar-refractivity contribution is 9.10. The third-order valence-electron chi connectivity index (χ3n) is 2.18. The van der Waals surface area contributed by atoms with Gasteiger partial charge in [-0.3, -0.25) is 0 Å². The lowest BCUT2D eigenvalue weighted by Gasteiger charge is -2.06. The number of hydrogen-bond donors (Lipinski definition) is 1. The lowest BCUT2D eigenvalue weighted by Crippen LogP contribution is -1.99. The lowest BCUT2D eigenvalue weighted by molar-refractivity contribution is 1.18. The molecule has 0 radical (unpaired) electrons. The Morgan fingerprint density at radius 2 is 2.12 bits per heavy atom. The van der Waals surface area contributed by atoms with Crippen LogP contribution in [0.4, 0.5) is 5.69 Å². The number of hydrogen-bond acceptors (Lipinski definition) is 3. The van der Waals surface area contributed by atoms with Gasteiger partial charge in [0.2, 0.25) is 0 Å². The van der Waals surface area contributed by atoms with E-state index in [0.29, 0.717) is 5.56 Å². The number of thiophene rings is 1. The molecule has 1 aromatic carbocycles.